The van der Waals surface area contributed by atoms with Gasteiger partial charge in [-0.05, 0) is 75.5 Å². The monoisotopic (exact) mass is 781 g/mol. The maximum Gasteiger partial charge on any atom is 0.160 e. The molecule has 0 saturated carbocycles. The van der Waals surface area contributed by atoms with Crippen molar-refractivity contribution in [3.8, 4) is 61.8 Å². The summed E-state index contributed by atoms with van der Waals surface area (Å²) in [5.74, 6) is 0.716. The van der Waals surface area contributed by atoms with Gasteiger partial charge in [-0.2, -0.15) is 0 Å². The molecular weight excluding hydrogens is 747 g/mol. The molecule has 4 heteroatoms. The second-order valence-corrected chi connectivity index (χ2v) is 16.4. The third-order valence-electron chi connectivity index (χ3n) is 11.9. The number of hydrogen-bond donors (Lipinski definition) is 0. The summed E-state index contributed by atoms with van der Waals surface area (Å²) in [7, 11) is 0. The van der Waals surface area contributed by atoms with Crippen LogP contribution in [0.25, 0.3) is 115 Å². The van der Waals surface area contributed by atoms with Gasteiger partial charge in [0.15, 0.2) is 5.82 Å². The lowest BCUT2D eigenvalue weighted by Gasteiger charge is -2.14. The molecule has 60 heavy (non-hydrogen) atoms. The molecule has 3 aromatic heterocycles. The highest BCUT2D eigenvalue weighted by molar-refractivity contribution is 7.26. The van der Waals surface area contributed by atoms with Crippen LogP contribution in [0.4, 0.5) is 0 Å². The fourth-order valence-electron chi connectivity index (χ4n) is 9.01. The van der Waals surface area contributed by atoms with E-state index < -0.39 is 0 Å². The molecule has 9 aromatic carbocycles. The predicted molar refractivity (Wildman–Crippen MR) is 254 cm³/mol. The first kappa shape index (κ1) is 34.4. The SMILES string of the molecule is c1ccc(-c2nc(-c3ccc(-c4ccc(-c5ccc6c(c5)c5ccccc5n6-c5ccccc5)cc4)c4ccccc34)cc(-c3cccc4c3sc3ccccc34)n2)cc1. The van der Waals surface area contributed by atoms with Crippen molar-refractivity contribution in [2.45, 2.75) is 0 Å². The summed E-state index contributed by atoms with van der Waals surface area (Å²) in [6.45, 7) is 0. The van der Waals surface area contributed by atoms with Crippen LogP contribution in [0.2, 0.25) is 0 Å². The number of nitrogens with zero attached hydrogens (tertiary/aromatic N) is 3. The number of aromatic nitrogens is 3. The molecule has 0 N–H and O–H groups in total. The summed E-state index contributed by atoms with van der Waals surface area (Å²) < 4.78 is 4.88. The molecule has 0 amide bonds. The lowest BCUT2D eigenvalue weighted by atomic mass is 9.92. The van der Waals surface area contributed by atoms with Crippen molar-refractivity contribution < 1.29 is 0 Å². The number of rotatable bonds is 6. The van der Waals surface area contributed by atoms with Gasteiger partial charge in [0.25, 0.3) is 0 Å². The molecule has 0 fully saturated rings. The second kappa shape index (κ2) is 14.0. The molecule has 0 aliphatic carbocycles. The minimum atomic E-state index is 0.716. The van der Waals surface area contributed by atoms with Crippen molar-refractivity contribution in [1.82, 2.24) is 14.5 Å². The molecule has 3 heterocycles. The van der Waals surface area contributed by atoms with Gasteiger partial charge in [-0.1, -0.05) is 170 Å². The minimum absolute atomic E-state index is 0.716. The zero-order valence-electron chi connectivity index (χ0n) is 32.5. The molecule has 0 bridgehead atoms. The summed E-state index contributed by atoms with van der Waals surface area (Å²) in [5, 5.41) is 7.38. The van der Waals surface area contributed by atoms with Gasteiger partial charge in [0, 0.05) is 53.3 Å². The van der Waals surface area contributed by atoms with Crippen molar-refractivity contribution in [1.29, 1.82) is 0 Å². The highest BCUT2D eigenvalue weighted by Gasteiger charge is 2.18. The third kappa shape index (κ3) is 5.65. The lowest BCUT2D eigenvalue weighted by molar-refractivity contribution is 1.18. The molecule has 280 valence electrons. The maximum absolute atomic E-state index is 5.27. The highest BCUT2D eigenvalue weighted by atomic mass is 32.1. The average Bonchev–Trinajstić information content (AvgIpc) is 3.87. The molecule has 0 saturated heterocycles. The van der Waals surface area contributed by atoms with Crippen LogP contribution in [0.15, 0.2) is 212 Å². The Balaban J connectivity index is 0.956. The quantitative estimate of drug-likeness (QED) is 0.168. The number of benzene rings is 9. The normalized spacial score (nSPS) is 11.7. The molecule has 0 radical (unpaired) electrons. The first-order valence-corrected chi connectivity index (χ1v) is 21.1. The Labute approximate surface area is 351 Å². The Kier molecular flexibility index (Phi) is 8.03. The largest absolute Gasteiger partial charge is 0.309 e. The Hall–Kier alpha value is -7.66. The zero-order chi connectivity index (χ0) is 39.6. The zero-order valence-corrected chi connectivity index (χ0v) is 33.3. The lowest BCUT2D eigenvalue weighted by Crippen LogP contribution is -1.97. The van der Waals surface area contributed by atoms with Crippen LogP contribution >= 0.6 is 11.3 Å². The van der Waals surface area contributed by atoms with E-state index in [1.165, 1.54) is 75.3 Å². The molecule has 0 unspecified atom stereocenters. The van der Waals surface area contributed by atoms with Crippen LogP contribution in [0, 0.1) is 0 Å². The van der Waals surface area contributed by atoms with Crippen LogP contribution < -0.4 is 0 Å². The van der Waals surface area contributed by atoms with E-state index >= 15 is 0 Å². The molecule has 0 aliphatic rings. The van der Waals surface area contributed by atoms with Crippen molar-refractivity contribution in [3.63, 3.8) is 0 Å². The Morgan fingerprint density at radius 2 is 0.917 bits per heavy atom. The summed E-state index contributed by atoms with van der Waals surface area (Å²) in [4.78, 5) is 10.5. The topological polar surface area (TPSA) is 30.7 Å². The fraction of sp³-hybridized carbons (Fsp3) is 0. The van der Waals surface area contributed by atoms with Gasteiger partial charge in [-0.3, -0.25) is 0 Å². The van der Waals surface area contributed by atoms with E-state index in [2.05, 4.69) is 211 Å². The van der Waals surface area contributed by atoms with Crippen LogP contribution in [0.3, 0.4) is 0 Å². The Morgan fingerprint density at radius 1 is 0.333 bits per heavy atom. The number of para-hydroxylation sites is 2. The van der Waals surface area contributed by atoms with Crippen LogP contribution in [0.1, 0.15) is 0 Å². The van der Waals surface area contributed by atoms with Crippen molar-refractivity contribution in [2.75, 3.05) is 0 Å². The van der Waals surface area contributed by atoms with E-state index in [9.17, 15) is 0 Å². The van der Waals surface area contributed by atoms with Crippen molar-refractivity contribution in [2.24, 2.45) is 0 Å². The second-order valence-electron chi connectivity index (χ2n) is 15.3. The van der Waals surface area contributed by atoms with Crippen LogP contribution in [-0.4, -0.2) is 14.5 Å². The van der Waals surface area contributed by atoms with Gasteiger partial charge in [0.2, 0.25) is 0 Å². The Morgan fingerprint density at radius 3 is 1.72 bits per heavy atom. The van der Waals surface area contributed by atoms with Gasteiger partial charge in [-0.15, -0.1) is 11.3 Å². The molecule has 12 aromatic rings. The van der Waals surface area contributed by atoms with Gasteiger partial charge >= 0.3 is 0 Å². The molecule has 12 rings (SSSR count). The highest BCUT2D eigenvalue weighted by Crippen LogP contribution is 2.42. The van der Waals surface area contributed by atoms with Gasteiger partial charge < -0.3 is 4.57 Å². The predicted octanol–water partition coefficient (Wildman–Crippen LogP) is 15.4. The van der Waals surface area contributed by atoms with E-state index in [4.69, 9.17) is 9.97 Å². The van der Waals surface area contributed by atoms with E-state index in [0.29, 0.717) is 5.82 Å². The number of hydrogen-bond acceptors (Lipinski definition) is 3. The fourth-order valence-corrected chi connectivity index (χ4v) is 10.2. The summed E-state index contributed by atoms with van der Waals surface area (Å²) in [6.07, 6.45) is 0. The van der Waals surface area contributed by atoms with E-state index in [-0.39, 0.29) is 0 Å². The molecule has 0 spiro atoms. The summed E-state index contributed by atoms with van der Waals surface area (Å²) in [6, 6.07) is 76.2. The van der Waals surface area contributed by atoms with Crippen molar-refractivity contribution >= 4 is 64.1 Å². The average molecular weight is 782 g/mol. The smallest absolute Gasteiger partial charge is 0.160 e. The van der Waals surface area contributed by atoms with Gasteiger partial charge in [0.1, 0.15) is 0 Å². The number of fused-ring (bicyclic) bond motifs is 7. The van der Waals surface area contributed by atoms with E-state index in [1.54, 1.807) is 0 Å². The minimum Gasteiger partial charge on any atom is -0.309 e. The maximum atomic E-state index is 5.27. The molecule has 0 atom stereocenters. The molecular formula is C56H35N3S. The number of thiophene rings is 1. The first-order chi connectivity index (χ1) is 29.7. The van der Waals surface area contributed by atoms with Crippen LogP contribution in [0.5, 0.6) is 0 Å². The first-order valence-electron chi connectivity index (χ1n) is 20.3. The van der Waals surface area contributed by atoms with Gasteiger partial charge in [-0.25, -0.2) is 9.97 Å². The summed E-state index contributed by atoms with van der Waals surface area (Å²) in [5.41, 5.74) is 13.4. The van der Waals surface area contributed by atoms with Crippen molar-refractivity contribution in [3.05, 3.63) is 212 Å². The third-order valence-corrected chi connectivity index (χ3v) is 13.1. The van der Waals surface area contributed by atoms with E-state index in [0.717, 1.165) is 33.5 Å². The van der Waals surface area contributed by atoms with E-state index in [1.807, 2.05) is 17.4 Å². The molecule has 0 aliphatic heterocycles. The Bertz CT molecular complexity index is 3580. The molecule has 3 nitrogen and oxygen atoms in total. The van der Waals surface area contributed by atoms with Gasteiger partial charge in [0.05, 0.1) is 22.4 Å². The van der Waals surface area contributed by atoms with Crippen LogP contribution in [-0.2, 0) is 0 Å². The summed E-state index contributed by atoms with van der Waals surface area (Å²) >= 11 is 1.83. The standard InChI is InChI=1S/C56H35N3S/c1-3-14-38(15-4-1)56-57-50(35-51(58-56)48-23-13-22-47-46-21-10-12-25-54(46)60-55(47)48)44-32-31-41(42-18-7-8-19-43(42)44)37-28-26-36(27-29-37)39-30-33-53-49(34-39)45-20-9-11-24-52(45)59(53)40-16-5-2-6-17-40/h1-35H.